The number of nitrogens with one attached hydrogen (secondary N) is 3. The molecule has 1 atom stereocenters. The van der Waals surface area contributed by atoms with Crippen molar-refractivity contribution in [1.29, 1.82) is 0 Å². The van der Waals surface area contributed by atoms with Gasteiger partial charge in [-0.2, -0.15) is 0 Å². The van der Waals surface area contributed by atoms with Crippen LogP contribution in [0.5, 0.6) is 0 Å². The Labute approximate surface area is 159 Å². The predicted octanol–water partition coefficient (Wildman–Crippen LogP) is 3.28. The van der Waals surface area contributed by atoms with Gasteiger partial charge in [0.05, 0.1) is 5.56 Å². The summed E-state index contributed by atoms with van der Waals surface area (Å²) in [6.45, 7) is 1.85. The maximum atomic E-state index is 11.7. The van der Waals surface area contributed by atoms with Gasteiger partial charge in [0.15, 0.2) is 5.11 Å². The number of hydrogen-bond acceptors (Lipinski definition) is 3. The summed E-state index contributed by atoms with van der Waals surface area (Å²) in [6, 6.07) is 6.03. The molecule has 0 unspecified atom stereocenters. The third kappa shape index (κ3) is 7.09. The number of carbonyl (C=O) groups is 2. The molecule has 1 aromatic rings. The van der Waals surface area contributed by atoms with Gasteiger partial charge in [-0.15, -0.1) is 0 Å². The van der Waals surface area contributed by atoms with Gasteiger partial charge in [0.2, 0.25) is 9.70 Å². The average molecular weight is 413 g/mol. The molecule has 132 valence electrons. The van der Waals surface area contributed by atoms with Gasteiger partial charge in [0.25, 0.3) is 0 Å². The largest absolute Gasteiger partial charge is 0.478 e. The zero-order valence-electron chi connectivity index (χ0n) is 12.6. The monoisotopic (exact) mass is 411 g/mol. The van der Waals surface area contributed by atoms with Crippen LogP contribution in [-0.2, 0) is 4.79 Å². The van der Waals surface area contributed by atoms with E-state index in [1.807, 2.05) is 6.92 Å². The minimum absolute atomic E-state index is 0.0608. The lowest BCUT2D eigenvalue weighted by Gasteiger charge is -2.27. The summed E-state index contributed by atoms with van der Waals surface area (Å²) in [7, 11) is 0. The van der Waals surface area contributed by atoms with Gasteiger partial charge in [-0.1, -0.05) is 47.8 Å². The number of alkyl halides is 3. The average Bonchev–Trinajstić information content (AvgIpc) is 2.46. The number of thiocarbonyl (C=S) groups is 1. The fourth-order valence-corrected chi connectivity index (χ4v) is 2.25. The molecule has 0 fully saturated rings. The van der Waals surface area contributed by atoms with Crippen molar-refractivity contribution in [2.45, 2.75) is 29.7 Å². The molecular weight excluding hydrogens is 397 g/mol. The van der Waals surface area contributed by atoms with Gasteiger partial charge < -0.3 is 21.1 Å². The molecular formula is C14H16Cl3N3O3S. The molecule has 10 heteroatoms. The summed E-state index contributed by atoms with van der Waals surface area (Å²) in [4.78, 5) is 22.7. The Bertz CT molecular complexity index is 623. The van der Waals surface area contributed by atoms with Crippen LogP contribution in [0, 0.1) is 0 Å². The standard InChI is InChI=1S/C14H16Cl3N3O3S/c1-2-4-10(21)19-12(14(15,16)17)20-13(24)18-9-6-3-5-8(7-9)11(22)23/h3,5-7,12H,2,4H2,1H3,(H,19,21)(H,22,23)(H2,18,20,24)/t12-/m0/s1. The molecule has 0 saturated carbocycles. The van der Waals surface area contributed by atoms with Gasteiger partial charge in [-0.25, -0.2) is 4.79 Å². The van der Waals surface area contributed by atoms with Gasteiger partial charge in [-0.05, 0) is 36.8 Å². The molecule has 4 N–H and O–H groups in total. The number of aromatic carboxylic acids is 1. The van der Waals surface area contributed by atoms with E-state index >= 15 is 0 Å². The molecule has 0 aliphatic carbocycles. The number of carbonyl (C=O) groups excluding carboxylic acids is 1. The van der Waals surface area contributed by atoms with Gasteiger partial charge >= 0.3 is 5.97 Å². The highest BCUT2D eigenvalue weighted by atomic mass is 35.6. The Balaban J connectivity index is 2.76. The Morgan fingerprint density at radius 3 is 2.50 bits per heavy atom. The van der Waals surface area contributed by atoms with Crippen molar-refractivity contribution in [3.05, 3.63) is 29.8 Å². The van der Waals surface area contributed by atoms with Crippen molar-refractivity contribution in [2.24, 2.45) is 0 Å². The number of halogens is 3. The summed E-state index contributed by atoms with van der Waals surface area (Å²) in [5, 5.41) is 17.0. The predicted molar refractivity (Wildman–Crippen MR) is 99.9 cm³/mol. The molecule has 0 radical (unpaired) electrons. The first kappa shape index (κ1) is 20.8. The number of carboxylic acid groups (broad SMARTS) is 1. The fraction of sp³-hybridized carbons (Fsp3) is 0.357. The van der Waals surface area contributed by atoms with Gasteiger partial charge in [-0.3, -0.25) is 4.79 Å². The van der Waals surface area contributed by atoms with Crippen LogP contribution in [0.1, 0.15) is 30.1 Å². The highest BCUT2D eigenvalue weighted by molar-refractivity contribution is 7.80. The SMILES string of the molecule is CCCC(=O)N[C@@H](NC(=S)Nc1cccc(C(=O)O)c1)C(Cl)(Cl)Cl. The summed E-state index contributed by atoms with van der Waals surface area (Å²) in [5.74, 6) is -1.36. The molecule has 0 aliphatic heterocycles. The quantitative estimate of drug-likeness (QED) is 0.326. The molecule has 0 aromatic heterocycles. The first-order valence-electron chi connectivity index (χ1n) is 6.90. The highest BCUT2D eigenvalue weighted by Crippen LogP contribution is 2.29. The number of carboxylic acids is 1. The summed E-state index contributed by atoms with van der Waals surface area (Å²) in [6.07, 6.45) is -0.132. The molecule has 0 aliphatic rings. The number of benzene rings is 1. The number of anilines is 1. The smallest absolute Gasteiger partial charge is 0.335 e. The van der Waals surface area contributed by atoms with Crippen LogP contribution in [0.4, 0.5) is 5.69 Å². The van der Waals surface area contributed by atoms with Crippen molar-refractivity contribution in [2.75, 3.05) is 5.32 Å². The molecule has 0 spiro atoms. The van der Waals surface area contributed by atoms with E-state index in [-0.39, 0.29) is 23.0 Å². The Kier molecular flexibility index (Phi) is 8.02. The van der Waals surface area contributed by atoms with Crippen molar-refractivity contribution in [3.63, 3.8) is 0 Å². The van der Waals surface area contributed by atoms with Crippen LogP contribution in [0.25, 0.3) is 0 Å². The molecule has 24 heavy (non-hydrogen) atoms. The molecule has 6 nitrogen and oxygen atoms in total. The third-order valence-corrected chi connectivity index (χ3v) is 3.63. The lowest BCUT2D eigenvalue weighted by molar-refractivity contribution is -0.121. The number of rotatable bonds is 6. The Hall–Kier alpha value is -1.28. The lowest BCUT2D eigenvalue weighted by Crippen LogP contribution is -2.56. The summed E-state index contributed by atoms with van der Waals surface area (Å²) >= 11 is 22.6. The van der Waals surface area contributed by atoms with E-state index in [1.54, 1.807) is 12.1 Å². The van der Waals surface area contributed by atoms with E-state index < -0.39 is 15.9 Å². The van der Waals surface area contributed by atoms with Crippen molar-refractivity contribution < 1.29 is 14.7 Å². The second kappa shape index (κ2) is 9.27. The normalized spacial score (nSPS) is 12.2. The van der Waals surface area contributed by atoms with Crippen molar-refractivity contribution >= 4 is 69.7 Å². The highest BCUT2D eigenvalue weighted by Gasteiger charge is 2.34. The zero-order chi connectivity index (χ0) is 18.3. The molecule has 0 saturated heterocycles. The molecule has 1 rings (SSSR count). The third-order valence-electron chi connectivity index (χ3n) is 2.75. The Morgan fingerprint density at radius 1 is 1.29 bits per heavy atom. The first-order valence-corrected chi connectivity index (χ1v) is 8.44. The second-order valence-electron chi connectivity index (χ2n) is 4.78. The zero-order valence-corrected chi connectivity index (χ0v) is 15.7. The molecule has 1 amide bonds. The lowest BCUT2D eigenvalue weighted by atomic mass is 10.2. The van der Waals surface area contributed by atoms with E-state index in [1.165, 1.54) is 12.1 Å². The topological polar surface area (TPSA) is 90.5 Å². The number of hydrogen-bond donors (Lipinski definition) is 4. The van der Waals surface area contributed by atoms with Crippen LogP contribution in [0.3, 0.4) is 0 Å². The minimum Gasteiger partial charge on any atom is -0.478 e. The van der Waals surface area contributed by atoms with Crippen molar-refractivity contribution in [1.82, 2.24) is 10.6 Å². The van der Waals surface area contributed by atoms with Crippen LogP contribution in [0.15, 0.2) is 24.3 Å². The van der Waals surface area contributed by atoms with E-state index in [9.17, 15) is 9.59 Å². The second-order valence-corrected chi connectivity index (χ2v) is 7.55. The first-order chi connectivity index (χ1) is 11.1. The van der Waals surface area contributed by atoms with E-state index in [0.29, 0.717) is 12.1 Å². The van der Waals surface area contributed by atoms with E-state index in [4.69, 9.17) is 52.1 Å². The van der Waals surface area contributed by atoms with Gasteiger partial charge in [0.1, 0.15) is 6.17 Å². The summed E-state index contributed by atoms with van der Waals surface area (Å²) in [5.41, 5.74) is 0.535. The maximum absolute atomic E-state index is 11.7. The van der Waals surface area contributed by atoms with Crippen molar-refractivity contribution in [3.8, 4) is 0 Å². The van der Waals surface area contributed by atoms with Crippen LogP contribution >= 0.6 is 47.0 Å². The fourth-order valence-electron chi connectivity index (χ4n) is 1.69. The Morgan fingerprint density at radius 2 is 1.96 bits per heavy atom. The molecule has 0 heterocycles. The minimum atomic E-state index is -1.84. The molecule has 0 bridgehead atoms. The number of amides is 1. The summed E-state index contributed by atoms with van der Waals surface area (Å²) < 4.78 is -1.84. The maximum Gasteiger partial charge on any atom is 0.335 e. The van der Waals surface area contributed by atoms with Crippen LogP contribution < -0.4 is 16.0 Å². The van der Waals surface area contributed by atoms with E-state index in [0.717, 1.165) is 0 Å². The van der Waals surface area contributed by atoms with E-state index in [2.05, 4.69) is 16.0 Å². The van der Waals surface area contributed by atoms with Crippen LogP contribution in [0.2, 0.25) is 0 Å². The van der Waals surface area contributed by atoms with Gasteiger partial charge in [0, 0.05) is 12.1 Å². The molecule has 1 aromatic carbocycles. The van der Waals surface area contributed by atoms with Crippen LogP contribution in [-0.4, -0.2) is 32.1 Å².